The number of ether oxygens (including phenoxy) is 1. The molecule has 0 atom stereocenters. The molecular weight excluding hydrogens is 384 g/mol. The molecule has 2 heterocycles. The Hall–Kier alpha value is -1.40. The lowest BCUT2D eigenvalue weighted by molar-refractivity contribution is 0.0756. The van der Waals surface area contributed by atoms with Gasteiger partial charge in [-0.1, -0.05) is 25.7 Å². The standard InChI is InChI=1S/C23H38N2O3S/c1-4-28-23(27)25-17-14-19(15-18-25)22(26)21-13-12-20(29-21)11-9-7-5-6-8-10-16-24(2)3/h12-13,19H,4-11,14-18H2,1-3H3. The van der Waals surface area contributed by atoms with E-state index in [0.29, 0.717) is 19.7 Å². The number of hydrogen-bond donors (Lipinski definition) is 0. The summed E-state index contributed by atoms with van der Waals surface area (Å²) in [4.78, 5) is 30.8. The molecule has 0 radical (unpaired) electrons. The van der Waals surface area contributed by atoms with E-state index in [-0.39, 0.29) is 17.8 Å². The van der Waals surface area contributed by atoms with E-state index in [9.17, 15) is 9.59 Å². The van der Waals surface area contributed by atoms with Gasteiger partial charge in [-0.05, 0) is 71.8 Å². The van der Waals surface area contributed by atoms with E-state index in [4.69, 9.17) is 4.74 Å². The Morgan fingerprint density at radius 3 is 2.38 bits per heavy atom. The van der Waals surface area contributed by atoms with E-state index < -0.39 is 0 Å². The Kier molecular flexibility index (Phi) is 10.7. The fourth-order valence-electron chi connectivity index (χ4n) is 3.82. The molecule has 0 saturated carbocycles. The first kappa shape index (κ1) is 23.9. The van der Waals surface area contributed by atoms with Gasteiger partial charge in [0.1, 0.15) is 0 Å². The molecule has 0 N–H and O–H groups in total. The number of Topliss-reactive ketones (excluding diaryl/α,β-unsaturated/α-hetero) is 1. The smallest absolute Gasteiger partial charge is 0.409 e. The van der Waals surface area contributed by atoms with Gasteiger partial charge in [0.05, 0.1) is 11.5 Å². The summed E-state index contributed by atoms with van der Waals surface area (Å²) >= 11 is 1.66. The molecule has 29 heavy (non-hydrogen) atoms. The maximum Gasteiger partial charge on any atom is 0.409 e. The molecule has 1 aliphatic rings. The van der Waals surface area contributed by atoms with Crippen molar-refractivity contribution in [1.29, 1.82) is 0 Å². The van der Waals surface area contributed by atoms with Gasteiger partial charge in [0.2, 0.25) is 0 Å². The second-order valence-corrected chi connectivity index (χ2v) is 9.43. The zero-order chi connectivity index (χ0) is 21.1. The number of amides is 1. The molecule has 164 valence electrons. The molecule has 1 aromatic rings. The highest BCUT2D eigenvalue weighted by molar-refractivity contribution is 7.14. The van der Waals surface area contributed by atoms with Gasteiger partial charge in [-0.3, -0.25) is 4.79 Å². The number of nitrogens with zero attached hydrogens (tertiary/aromatic N) is 2. The first-order valence-electron chi connectivity index (χ1n) is 11.2. The van der Waals surface area contributed by atoms with Crippen molar-refractivity contribution < 1.29 is 14.3 Å². The summed E-state index contributed by atoms with van der Waals surface area (Å²) in [5.41, 5.74) is 0. The third-order valence-corrected chi connectivity index (χ3v) is 6.73. The fourth-order valence-corrected chi connectivity index (χ4v) is 4.89. The topological polar surface area (TPSA) is 49.9 Å². The Balaban J connectivity index is 1.64. The fraction of sp³-hybridized carbons (Fsp3) is 0.739. The van der Waals surface area contributed by atoms with Crippen molar-refractivity contribution in [3.63, 3.8) is 0 Å². The van der Waals surface area contributed by atoms with Crippen LogP contribution in [0.2, 0.25) is 0 Å². The van der Waals surface area contributed by atoms with Crippen molar-refractivity contribution in [2.75, 3.05) is 40.3 Å². The quantitative estimate of drug-likeness (QED) is 0.341. The molecule has 0 spiro atoms. The van der Waals surface area contributed by atoms with Crippen LogP contribution in [0.25, 0.3) is 0 Å². The van der Waals surface area contributed by atoms with Gasteiger partial charge in [-0.15, -0.1) is 11.3 Å². The highest BCUT2D eigenvalue weighted by atomic mass is 32.1. The predicted octanol–water partition coefficient (Wildman–Crippen LogP) is 5.24. The van der Waals surface area contributed by atoms with E-state index in [0.717, 1.165) is 24.1 Å². The summed E-state index contributed by atoms with van der Waals surface area (Å²) in [6.45, 7) is 4.62. The van der Waals surface area contributed by atoms with Crippen LogP contribution in [0.3, 0.4) is 0 Å². The monoisotopic (exact) mass is 422 g/mol. The second kappa shape index (κ2) is 13.0. The zero-order valence-corrected chi connectivity index (χ0v) is 19.3. The number of hydrogen-bond acceptors (Lipinski definition) is 5. The number of piperidine rings is 1. The Labute approximate surface area is 180 Å². The number of rotatable bonds is 12. The summed E-state index contributed by atoms with van der Waals surface area (Å²) in [6.07, 6.45) is 10.0. The van der Waals surface area contributed by atoms with Crippen molar-refractivity contribution in [1.82, 2.24) is 9.80 Å². The van der Waals surface area contributed by atoms with Gasteiger partial charge in [0.25, 0.3) is 0 Å². The van der Waals surface area contributed by atoms with E-state index in [1.54, 1.807) is 16.2 Å². The van der Waals surface area contributed by atoms with Gasteiger partial charge in [0, 0.05) is 23.9 Å². The van der Waals surface area contributed by atoms with Crippen LogP contribution in [-0.2, 0) is 11.2 Å². The van der Waals surface area contributed by atoms with Crippen LogP contribution in [-0.4, -0.2) is 62.0 Å². The molecule has 0 bridgehead atoms. The number of carbonyl (C=O) groups is 2. The molecule has 1 saturated heterocycles. The highest BCUT2D eigenvalue weighted by Crippen LogP contribution is 2.27. The second-order valence-electron chi connectivity index (χ2n) is 8.27. The number of ketones is 1. The van der Waals surface area contributed by atoms with E-state index >= 15 is 0 Å². The maximum atomic E-state index is 12.8. The third-order valence-electron chi connectivity index (χ3n) is 5.57. The highest BCUT2D eigenvalue weighted by Gasteiger charge is 2.29. The van der Waals surface area contributed by atoms with Crippen LogP contribution in [0, 0.1) is 5.92 Å². The van der Waals surface area contributed by atoms with Gasteiger partial charge < -0.3 is 14.5 Å². The van der Waals surface area contributed by atoms with E-state index in [1.807, 2.05) is 13.0 Å². The molecule has 1 amide bonds. The summed E-state index contributed by atoms with van der Waals surface area (Å²) in [7, 11) is 4.26. The van der Waals surface area contributed by atoms with Crippen molar-refractivity contribution >= 4 is 23.2 Å². The van der Waals surface area contributed by atoms with Crippen LogP contribution in [0.1, 0.15) is 72.8 Å². The molecule has 0 aliphatic carbocycles. The zero-order valence-electron chi connectivity index (χ0n) is 18.5. The van der Waals surface area contributed by atoms with Crippen LogP contribution in [0.4, 0.5) is 4.79 Å². The van der Waals surface area contributed by atoms with Gasteiger partial charge in [-0.25, -0.2) is 4.79 Å². The van der Waals surface area contributed by atoms with E-state index in [1.165, 1.54) is 49.9 Å². The molecule has 1 aromatic heterocycles. The van der Waals surface area contributed by atoms with Crippen LogP contribution < -0.4 is 0 Å². The molecule has 1 aliphatic heterocycles. The normalized spacial score (nSPS) is 15.1. The van der Waals surface area contributed by atoms with E-state index in [2.05, 4.69) is 25.1 Å². The lowest BCUT2D eigenvalue weighted by atomic mass is 9.92. The molecule has 0 unspecified atom stereocenters. The summed E-state index contributed by atoms with van der Waals surface area (Å²) in [5.74, 6) is 0.292. The maximum absolute atomic E-state index is 12.8. The summed E-state index contributed by atoms with van der Waals surface area (Å²) in [5, 5.41) is 0. The van der Waals surface area contributed by atoms with Crippen molar-refractivity contribution in [2.24, 2.45) is 5.92 Å². The minimum absolute atomic E-state index is 0.0364. The van der Waals surface area contributed by atoms with Crippen molar-refractivity contribution in [2.45, 2.75) is 64.7 Å². The van der Waals surface area contributed by atoms with Crippen molar-refractivity contribution in [3.05, 3.63) is 21.9 Å². The number of likely N-dealkylation sites (tertiary alicyclic amines) is 1. The number of thiophene rings is 1. The third kappa shape index (κ3) is 8.47. The van der Waals surface area contributed by atoms with Crippen LogP contribution in [0.5, 0.6) is 0 Å². The molecule has 0 aromatic carbocycles. The van der Waals surface area contributed by atoms with Gasteiger partial charge >= 0.3 is 6.09 Å². The summed E-state index contributed by atoms with van der Waals surface area (Å²) < 4.78 is 5.05. The average molecular weight is 423 g/mol. The Bertz CT molecular complexity index is 621. The average Bonchev–Trinajstić information content (AvgIpc) is 3.18. The molecule has 5 nitrogen and oxygen atoms in total. The molecular formula is C23H38N2O3S. The number of aryl methyl sites for hydroxylation is 1. The number of unbranched alkanes of at least 4 members (excludes halogenated alkanes) is 5. The minimum atomic E-state index is -0.255. The van der Waals surface area contributed by atoms with Gasteiger partial charge in [0.15, 0.2) is 5.78 Å². The molecule has 2 rings (SSSR count). The van der Waals surface area contributed by atoms with Crippen LogP contribution >= 0.6 is 11.3 Å². The minimum Gasteiger partial charge on any atom is -0.450 e. The summed E-state index contributed by atoms with van der Waals surface area (Å²) in [6, 6.07) is 4.13. The molecule has 6 heteroatoms. The van der Waals surface area contributed by atoms with Crippen LogP contribution in [0.15, 0.2) is 12.1 Å². The van der Waals surface area contributed by atoms with Gasteiger partial charge in [-0.2, -0.15) is 0 Å². The first-order valence-corrected chi connectivity index (χ1v) is 12.0. The SMILES string of the molecule is CCOC(=O)N1CCC(C(=O)c2ccc(CCCCCCCCN(C)C)s2)CC1. The Morgan fingerprint density at radius 2 is 1.72 bits per heavy atom. The Morgan fingerprint density at radius 1 is 1.07 bits per heavy atom. The largest absolute Gasteiger partial charge is 0.450 e. The lowest BCUT2D eigenvalue weighted by Gasteiger charge is -2.30. The predicted molar refractivity (Wildman–Crippen MR) is 120 cm³/mol. The van der Waals surface area contributed by atoms with Crippen molar-refractivity contribution in [3.8, 4) is 0 Å². The first-order chi connectivity index (χ1) is 14.0. The molecule has 1 fully saturated rings. The number of carbonyl (C=O) groups excluding carboxylic acids is 2. The lowest BCUT2D eigenvalue weighted by Crippen LogP contribution is -2.40.